The Morgan fingerprint density at radius 3 is 2.42 bits per heavy atom. The standard InChI is InChI=1S/C23H23ClN2O5/c1-13-16-11-18(24)20(31-23(29)26(4)5)12-19(16)30-22(28)17(13)10-14-7-6-8-15(9-14)21(27)25(2)3/h6-9,11-12H,10H2,1-5H3. The molecule has 0 aliphatic carbocycles. The van der Waals surface area contributed by atoms with Crippen LogP contribution in [0.3, 0.4) is 0 Å². The quantitative estimate of drug-likeness (QED) is 0.568. The molecule has 0 saturated heterocycles. The summed E-state index contributed by atoms with van der Waals surface area (Å²) in [7, 11) is 6.47. The van der Waals surface area contributed by atoms with Crippen LogP contribution in [0.25, 0.3) is 11.0 Å². The molecule has 0 bridgehead atoms. The predicted molar refractivity (Wildman–Crippen MR) is 119 cm³/mol. The van der Waals surface area contributed by atoms with E-state index >= 15 is 0 Å². The molecule has 31 heavy (non-hydrogen) atoms. The Hall–Kier alpha value is -3.32. The van der Waals surface area contributed by atoms with E-state index in [0.717, 1.165) is 5.56 Å². The van der Waals surface area contributed by atoms with Crippen LogP contribution in [-0.4, -0.2) is 50.0 Å². The average Bonchev–Trinajstić information content (AvgIpc) is 2.72. The number of benzene rings is 2. The van der Waals surface area contributed by atoms with Crippen LogP contribution in [0.15, 0.2) is 45.6 Å². The van der Waals surface area contributed by atoms with Crippen LogP contribution in [0.1, 0.15) is 27.0 Å². The molecule has 7 nitrogen and oxygen atoms in total. The van der Waals surface area contributed by atoms with Crippen molar-refractivity contribution < 1.29 is 18.7 Å². The van der Waals surface area contributed by atoms with E-state index in [2.05, 4.69) is 0 Å². The van der Waals surface area contributed by atoms with Crippen molar-refractivity contribution in [1.82, 2.24) is 9.80 Å². The zero-order valence-electron chi connectivity index (χ0n) is 18.0. The maximum absolute atomic E-state index is 12.7. The number of carbonyl (C=O) groups is 2. The van der Waals surface area contributed by atoms with E-state index in [1.165, 1.54) is 15.9 Å². The lowest BCUT2D eigenvalue weighted by molar-refractivity contribution is 0.0827. The van der Waals surface area contributed by atoms with Crippen LogP contribution in [-0.2, 0) is 6.42 Å². The zero-order chi connectivity index (χ0) is 22.9. The van der Waals surface area contributed by atoms with E-state index in [1.54, 1.807) is 52.5 Å². The van der Waals surface area contributed by atoms with Crippen LogP contribution in [0.2, 0.25) is 5.02 Å². The highest BCUT2D eigenvalue weighted by Crippen LogP contribution is 2.32. The van der Waals surface area contributed by atoms with Crippen molar-refractivity contribution in [3.05, 3.63) is 74.1 Å². The van der Waals surface area contributed by atoms with Crippen molar-refractivity contribution in [2.75, 3.05) is 28.2 Å². The van der Waals surface area contributed by atoms with Crippen LogP contribution in [0, 0.1) is 6.92 Å². The lowest BCUT2D eigenvalue weighted by Gasteiger charge is -2.14. The Morgan fingerprint density at radius 2 is 1.77 bits per heavy atom. The number of carbonyl (C=O) groups excluding carboxylic acids is 2. The van der Waals surface area contributed by atoms with Crippen molar-refractivity contribution >= 4 is 34.6 Å². The lowest BCUT2D eigenvalue weighted by atomic mass is 9.98. The Kier molecular flexibility index (Phi) is 6.36. The van der Waals surface area contributed by atoms with Gasteiger partial charge in [0.25, 0.3) is 5.91 Å². The number of rotatable bonds is 4. The first-order chi connectivity index (χ1) is 14.6. The molecule has 3 aromatic rings. The normalized spacial score (nSPS) is 10.8. The van der Waals surface area contributed by atoms with Gasteiger partial charge >= 0.3 is 11.7 Å². The van der Waals surface area contributed by atoms with Crippen LogP contribution in [0.4, 0.5) is 4.79 Å². The van der Waals surface area contributed by atoms with E-state index in [-0.39, 0.29) is 22.3 Å². The molecular weight excluding hydrogens is 420 g/mol. The molecule has 0 spiro atoms. The van der Waals surface area contributed by atoms with Gasteiger partial charge in [0.1, 0.15) is 5.58 Å². The zero-order valence-corrected chi connectivity index (χ0v) is 18.7. The topological polar surface area (TPSA) is 80.1 Å². The molecule has 1 aromatic heterocycles. The largest absolute Gasteiger partial charge is 0.422 e. The first-order valence-electron chi connectivity index (χ1n) is 9.54. The molecule has 8 heteroatoms. The Morgan fingerprint density at radius 1 is 1.06 bits per heavy atom. The summed E-state index contributed by atoms with van der Waals surface area (Å²) in [6.45, 7) is 1.81. The van der Waals surface area contributed by atoms with Gasteiger partial charge in [-0.05, 0) is 36.2 Å². The van der Waals surface area contributed by atoms with Crippen LogP contribution >= 0.6 is 11.6 Å². The van der Waals surface area contributed by atoms with E-state index in [0.29, 0.717) is 28.5 Å². The minimum absolute atomic E-state index is 0.109. The fourth-order valence-corrected chi connectivity index (χ4v) is 3.34. The lowest BCUT2D eigenvalue weighted by Crippen LogP contribution is -2.25. The number of aryl methyl sites for hydroxylation is 1. The molecule has 2 aromatic carbocycles. The van der Waals surface area contributed by atoms with Gasteiger partial charge in [0, 0.05) is 57.2 Å². The maximum atomic E-state index is 12.7. The number of nitrogens with zero attached hydrogens (tertiary/aromatic N) is 2. The van der Waals surface area contributed by atoms with Crippen LogP contribution in [0.5, 0.6) is 5.75 Å². The third kappa shape index (κ3) is 4.72. The molecule has 3 rings (SSSR count). The molecular formula is C23H23ClN2O5. The van der Waals surface area contributed by atoms with Gasteiger partial charge in [-0.15, -0.1) is 0 Å². The van der Waals surface area contributed by atoms with E-state index in [4.69, 9.17) is 20.8 Å². The smallest absolute Gasteiger partial charge is 0.414 e. The highest BCUT2D eigenvalue weighted by Gasteiger charge is 2.17. The summed E-state index contributed by atoms with van der Waals surface area (Å²) in [6.07, 6.45) is -0.294. The summed E-state index contributed by atoms with van der Waals surface area (Å²) in [4.78, 5) is 39.6. The minimum atomic E-state index is -0.593. The summed E-state index contributed by atoms with van der Waals surface area (Å²) in [6, 6.07) is 10.2. The van der Waals surface area contributed by atoms with Crippen molar-refractivity contribution in [2.45, 2.75) is 13.3 Å². The molecule has 0 aliphatic heterocycles. The second-order valence-electron chi connectivity index (χ2n) is 7.61. The Balaban J connectivity index is 2.02. The van der Waals surface area contributed by atoms with Crippen molar-refractivity contribution in [1.29, 1.82) is 0 Å². The van der Waals surface area contributed by atoms with Gasteiger partial charge in [-0.25, -0.2) is 9.59 Å². The molecule has 0 atom stereocenters. The van der Waals surface area contributed by atoms with Gasteiger partial charge in [-0.3, -0.25) is 4.79 Å². The highest BCUT2D eigenvalue weighted by molar-refractivity contribution is 6.33. The van der Waals surface area contributed by atoms with E-state index < -0.39 is 11.7 Å². The van der Waals surface area contributed by atoms with Gasteiger partial charge in [-0.2, -0.15) is 0 Å². The van der Waals surface area contributed by atoms with Crippen molar-refractivity contribution in [3.8, 4) is 5.75 Å². The fourth-order valence-electron chi connectivity index (χ4n) is 3.13. The first kappa shape index (κ1) is 22.4. The first-order valence-corrected chi connectivity index (χ1v) is 9.92. The third-order valence-corrected chi connectivity index (χ3v) is 5.16. The summed E-state index contributed by atoms with van der Waals surface area (Å²) < 4.78 is 10.7. The molecule has 162 valence electrons. The predicted octanol–water partition coefficient (Wildman–Crippen LogP) is 4.11. The molecule has 2 amide bonds. The third-order valence-electron chi connectivity index (χ3n) is 4.86. The number of hydrogen-bond acceptors (Lipinski definition) is 5. The second-order valence-corrected chi connectivity index (χ2v) is 8.02. The second kappa shape index (κ2) is 8.81. The SMILES string of the molecule is Cc1c(Cc2cccc(C(=O)N(C)C)c2)c(=O)oc2cc(OC(=O)N(C)C)c(Cl)cc12. The van der Waals surface area contributed by atoms with E-state index in [9.17, 15) is 14.4 Å². The number of halogens is 1. The highest BCUT2D eigenvalue weighted by atomic mass is 35.5. The summed E-state index contributed by atoms with van der Waals surface area (Å²) in [5, 5.41) is 0.869. The monoisotopic (exact) mass is 442 g/mol. The number of ether oxygens (including phenoxy) is 1. The van der Waals surface area contributed by atoms with Gasteiger partial charge in [0.05, 0.1) is 5.02 Å². The fraction of sp³-hybridized carbons (Fsp3) is 0.261. The van der Waals surface area contributed by atoms with Gasteiger partial charge in [0.2, 0.25) is 0 Å². The maximum Gasteiger partial charge on any atom is 0.414 e. The molecule has 0 unspecified atom stereocenters. The number of hydrogen-bond donors (Lipinski definition) is 0. The Labute approximate surface area is 184 Å². The molecule has 0 aliphatic rings. The van der Waals surface area contributed by atoms with Crippen molar-refractivity contribution in [2.24, 2.45) is 0 Å². The minimum Gasteiger partial charge on any atom is -0.422 e. The molecule has 0 N–H and O–H groups in total. The summed E-state index contributed by atoms with van der Waals surface area (Å²) >= 11 is 6.30. The molecule has 0 fully saturated rings. The van der Waals surface area contributed by atoms with Gasteiger partial charge in [-0.1, -0.05) is 23.7 Å². The van der Waals surface area contributed by atoms with Gasteiger partial charge < -0.3 is 19.0 Å². The summed E-state index contributed by atoms with van der Waals surface area (Å²) in [5.41, 5.74) is 2.31. The van der Waals surface area contributed by atoms with Crippen LogP contribution < -0.4 is 10.4 Å². The number of fused-ring (bicyclic) bond motifs is 1. The average molecular weight is 443 g/mol. The molecule has 0 saturated carbocycles. The molecule has 0 radical (unpaired) electrons. The summed E-state index contributed by atoms with van der Waals surface area (Å²) in [5.74, 6) is -0.00577. The number of amides is 2. The Bertz CT molecular complexity index is 1230. The van der Waals surface area contributed by atoms with Gasteiger partial charge in [0.15, 0.2) is 5.75 Å². The molecule has 1 heterocycles. The van der Waals surface area contributed by atoms with E-state index in [1.807, 2.05) is 13.0 Å². The van der Waals surface area contributed by atoms with Crippen molar-refractivity contribution in [3.63, 3.8) is 0 Å².